The van der Waals surface area contributed by atoms with Crippen LogP contribution < -0.4 is 16.0 Å². The van der Waals surface area contributed by atoms with Crippen molar-refractivity contribution in [1.82, 2.24) is 25.7 Å². The van der Waals surface area contributed by atoms with Gasteiger partial charge in [0.25, 0.3) is 0 Å². The summed E-state index contributed by atoms with van der Waals surface area (Å²) >= 11 is 0. The highest BCUT2D eigenvalue weighted by molar-refractivity contribution is 5.80. The number of rotatable bonds is 9. The van der Waals surface area contributed by atoms with Crippen LogP contribution in [0, 0.1) is 19.7 Å². The zero-order chi connectivity index (χ0) is 20.4. The molecule has 0 unspecified atom stereocenters. The molecule has 0 saturated heterocycles. The molecule has 0 atom stereocenters. The Morgan fingerprint density at radius 1 is 1.11 bits per heavy atom. The third-order valence-electron chi connectivity index (χ3n) is 4.18. The molecular weight excluding hydrogens is 359 g/mol. The molecule has 1 aromatic heterocycles. The topological polar surface area (TPSA) is 83.3 Å². The van der Waals surface area contributed by atoms with Crippen LogP contribution >= 0.6 is 0 Å². The van der Waals surface area contributed by atoms with Gasteiger partial charge < -0.3 is 16.0 Å². The number of carbonyl (C=O) groups is 1. The minimum absolute atomic E-state index is 0.0961. The number of hydrogen-bond donors (Lipinski definition) is 3. The maximum Gasteiger partial charge on any atom is 0.224 e. The van der Waals surface area contributed by atoms with Crippen LogP contribution in [-0.4, -0.2) is 48.3 Å². The van der Waals surface area contributed by atoms with Crippen molar-refractivity contribution in [3.05, 3.63) is 53.1 Å². The highest BCUT2D eigenvalue weighted by Crippen LogP contribution is 2.03. The Kier molecular flexibility index (Phi) is 8.45. The predicted molar refractivity (Wildman–Crippen MR) is 109 cm³/mol. The minimum atomic E-state index is -0.304. The van der Waals surface area contributed by atoms with Crippen molar-refractivity contribution in [2.24, 2.45) is 4.99 Å². The van der Waals surface area contributed by atoms with Crippen LogP contribution in [0.2, 0.25) is 0 Å². The van der Waals surface area contributed by atoms with Gasteiger partial charge in [0.05, 0.1) is 12.1 Å². The van der Waals surface area contributed by atoms with Gasteiger partial charge in [-0.2, -0.15) is 5.10 Å². The number of guanidine groups is 1. The molecule has 0 aliphatic rings. The van der Waals surface area contributed by atoms with E-state index in [1.165, 1.54) is 12.1 Å². The summed E-state index contributed by atoms with van der Waals surface area (Å²) in [5.41, 5.74) is 2.98. The first kappa shape index (κ1) is 21.4. The molecule has 1 amide bonds. The molecular formula is C20H29FN6O. The summed E-state index contributed by atoms with van der Waals surface area (Å²) in [7, 11) is 1.71. The number of carbonyl (C=O) groups excluding carboxylic acids is 1. The van der Waals surface area contributed by atoms with Gasteiger partial charge in [0, 0.05) is 38.9 Å². The molecule has 0 radical (unpaired) electrons. The number of nitrogens with zero attached hydrogens (tertiary/aromatic N) is 3. The predicted octanol–water partition coefficient (Wildman–Crippen LogP) is 1.55. The van der Waals surface area contributed by atoms with Crippen LogP contribution in [0.3, 0.4) is 0 Å². The number of aromatic nitrogens is 2. The average Bonchev–Trinajstić information content (AvgIpc) is 2.99. The number of aliphatic imine (C=N–C) groups is 1. The minimum Gasteiger partial charge on any atom is -0.356 e. The number of aryl methyl sites for hydroxylation is 3. The first-order valence-corrected chi connectivity index (χ1v) is 9.44. The molecule has 0 saturated carbocycles. The fraction of sp³-hybridized carbons (Fsp3) is 0.450. The summed E-state index contributed by atoms with van der Waals surface area (Å²) in [5, 5.41) is 13.7. The quantitative estimate of drug-likeness (QED) is 0.346. The van der Waals surface area contributed by atoms with Crippen LogP contribution in [0.15, 0.2) is 35.3 Å². The third kappa shape index (κ3) is 7.38. The SMILES string of the molecule is CN=C(NCCCn1nc(C)cc1C)NCCNC(=O)Cc1ccc(F)cc1. The summed E-state index contributed by atoms with van der Waals surface area (Å²) in [4.78, 5) is 16.1. The normalized spacial score (nSPS) is 11.4. The van der Waals surface area contributed by atoms with Gasteiger partial charge in [-0.25, -0.2) is 4.39 Å². The van der Waals surface area contributed by atoms with Gasteiger partial charge in [0.1, 0.15) is 5.82 Å². The molecule has 0 spiro atoms. The van der Waals surface area contributed by atoms with E-state index >= 15 is 0 Å². The highest BCUT2D eigenvalue weighted by atomic mass is 19.1. The number of benzene rings is 1. The molecule has 2 rings (SSSR count). The van der Waals surface area contributed by atoms with Crippen molar-refractivity contribution >= 4 is 11.9 Å². The molecule has 7 nitrogen and oxygen atoms in total. The zero-order valence-corrected chi connectivity index (χ0v) is 16.8. The fourth-order valence-electron chi connectivity index (χ4n) is 2.79. The number of hydrogen-bond acceptors (Lipinski definition) is 3. The first-order chi connectivity index (χ1) is 13.5. The summed E-state index contributed by atoms with van der Waals surface area (Å²) in [6.45, 7) is 6.71. The van der Waals surface area contributed by atoms with E-state index in [-0.39, 0.29) is 18.1 Å². The van der Waals surface area contributed by atoms with E-state index in [4.69, 9.17) is 0 Å². The van der Waals surface area contributed by atoms with Gasteiger partial charge >= 0.3 is 0 Å². The van der Waals surface area contributed by atoms with Crippen molar-refractivity contribution in [3.63, 3.8) is 0 Å². The molecule has 0 fully saturated rings. The van der Waals surface area contributed by atoms with E-state index < -0.39 is 0 Å². The number of nitrogens with one attached hydrogen (secondary N) is 3. The summed E-state index contributed by atoms with van der Waals surface area (Å²) in [6.07, 6.45) is 1.16. The van der Waals surface area contributed by atoms with Crippen molar-refractivity contribution < 1.29 is 9.18 Å². The summed E-state index contributed by atoms with van der Waals surface area (Å²) < 4.78 is 14.9. The lowest BCUT2D eigenvalue weighted by Crippen LogP contribution is -2.42. The molecule has 2 aromatic rings. The molecule has 0 bridgehead atoms. The van der Waals surface area contributed by atoms with Gasteiger partial charge in [0.15, 0.2) is 5.96 Å². The third-order valence-corrected chi connectivity index (χ3v) is 4.18. The largest absolute Gasteiger partial charge is 0.356 e. The van der Waals surface area contributed by atoms with Gasteiger partial charge in [-0.15, -0.1) is 0 Å². The van der Waals surface area contributed by atoms with Crippen molar-refractivity contribution in [2.45, 2.75) is 33.2 Å². The lowest BCUT2D eigenvalue weighted by molar-refractivity contribution is -0.120. The zero-order valence-electron chi connectivity index (χ0n) is 16.8. The molecule has 0 aliphatic carbocycles. The van der Waals surface area contributed by atoms with Gasteiger partial charge in [-0.05, 0) is 44.0 Å². The van der Waals surface area contributed by atoms with E-state index in [2.05, 4.69) is 39.0 Å². The molecule has 1 aromatic carbocycles. The van der Waals surface area contributed by atoms with Gasteiger partial charge in [-0.1, -0.05) is 12.1 Å². The van der Waals surface area contributed by atoms with Crippen molar-refractivity contribution in [2.75, 3.05) is 26.7 Å². The Hall–Kier alpha value is -2.90. The first-order valence-electron chi connectivity index (χ1n) is 9.44. The van der Waals surface area contributed by atoms with Crippen LogP contribution in [0.5, 0.6) is 0 Å². The Morgan fingerprint density at radius 3 is 2.43 bits per heavy atom. The van der Waals surface area contributed by atoms with Gasteiger partial charge in [0.2, 0.25) is 5.91 Å². The van der Waals surface area contributed by atoms with Crippen LogP contribution in [0.25, 0.3) is 0 Å². The molecule has 0 aliphatic heterocycles. The number of amides is 1. The smallest absolute Gasteiger partial charge is 0.224 e. The average molecular weight is 388 g/mol. The molecule has 1 heterocycles. The second-order valence-corrected chi connectivity index (χ2v) is 6.58. The Bertz CT molecular complexity index is 784. The van der Waals surface area contributed by atoms with Crippen LogP contribution in [0.1, 0.15) is 23.4 Å². The monoisotopic (exact) mass is 388 g/mol. The van der Waals surface area contributed by atoms with E-state index in [0.29, 0.717) is 19.0 Å². The Balaban J connectivity index is 1.58. The standard InChI is InChI=1S/C20H29FN6O/c1-15-13-16(2)27(26-15)12-4-9-24-20(22-3)25-11-10-23-19(28)14-17-5-7-18(21)8-6-17/h5-8,13H,4,9-12,14H2,1-3H3,(H,23,28)(H2,22,24,25). The van der Waals surface area contributed by atoms with Crippen molar-refractivity contribution in [1.29, 1.82) is 0 Å². The Morgan fingerprint density at radius 2 is 1.79 bits per heavy atom. The summed E-state index contributed by atoms with van der Waals surface area (Å²) in [6, 6.07) is 8.01. The second-order valence-electron chi connectivity index (χ2n) is 6.58. The maximum atomic E-state index is 12.9. The fourth-order valence-corrected chi connectivity index (χ4v) is 2.79. The molecule has 152 valence electrons. The highest BCUT2D eigenvalue weighted by Gasteiger charge is 2.04. The van der Waals surface area contributed by atoms with Crippen LogP contribution in [-0.2, 0) is 17.8 Å². The van der Waals surface area contributed by atoms with Crippen molar-refractivity contribution in [3.8, 4) is 0 Å². The van der Waals surface area contributed by atoms with Crippen LogP contribution in [0.4, 0.5) is 4.39 Å². The Labute approximate surface area is 165 Å². The molecule has 28 heavy (non-hydrogen) atoms. The lowest BCUT2D eigenvalue weighted by atomic mass is 10.1. The molecule has 8 heteroatoms. The van der Waals surface area contributed by atoms with E-state index in [1.807, 2.05) is 11.6 Å². The summed E-state index contributed by atoms with van der Waals surface area (Å²) in [5.74, 6) is 0.296. The van der Waals surface area contributed by atoms with E-state index in [1.54, 1.807) is 19.2 Å². The maximum absolute atomic E-state index is 12.9. The van der Waals surface area contributed by atoms with E-state index in [0.717, 1.165) is 36.5 Å². The lowest BCUT2D eigenvalue weighted by Gasteiger charge is -2.12. The molecule has 3 N–H and O–H groups in total. The van der Waals surface area contributed by atoms with E-state index in [9.17, 15) is 9.18 Å². The number of halogens is 1. The second kappa shape index (κ2) is 11.1. The van der Waals surface area contributed by atoms with Gasteiger partial charge in [-0.3, -0.25) is 14.5 Å².